The molecule has 11 nitrogen and oxygen atoms in total. The molecule has 0 unspecified atom stereocenters. The third kappa shape index (κ3) is 11.0. The van der Waals surface area contributed by atoms with Gasteiger partial charge in [0.15, 0.2) is 6.10 Å². The van der Waals surface area contributed by atoms with Crippen LogP contribution < -0.4 is 10.4 Å². The second-order valence-electron chi connectivity index (χ2n) is 19.0. The smallest absolute Gasteiger partial charge is 0.291 e. The third-order valence-corrected chi connectivity index (χ3v) is 24.1. The first-order valence-corrected chi connectivity index (χ1v) is 26.8. The topological polar surface area (TPSA) is 128 Å². The van der Waals surface area contributed by atoms with Gasteiger partial charge in [-0.1, -0.05) is 184 Å². The van der Waals surface area contributed by atoms with Gasteiger partial charge in [0.25, 0.3) is 14.4 Å². The van der Waals surface area contributed by atoms with Crippen molar-refractivity contribution >= 4 is 27.0 Å². The van der Waals surface area contributed by atoms with Gasteiger partial charge >= 0.3 is 0 Å². The van der Waals surface area contributed by atoms with E-state index in [4.69, 9.17) is 32.5 Å². The van der Waals surface area contributed by atoms with Crippen molar-refractivity contribution in [2.75, 3.05) is 13.2 Å². The van der Waals surface area contributed by atoms with E-state index in [1.807, 2.05) is 97.1 Å². The fraction of sp³-hybridized carbons (Fsp3) is 0.490. The number of aliphatic hydroxyl groups excluding tert-OH is 1. The van der Waals surface area contributed by atoms with Gasteiger partial charge in [-0.3, -0.25) is 10.1 Å². The van der Waals surface area contributed by atoms with Crippen molar-refractivity contribution in [2.45, 2.75) is 146 Å². The van der Waals surface area contributed by atoms with Crippen molar-refractivity contribution in [1.29, 1.82) is 0 Å². The quantitative estimate of drug-likeness (QED) is 0.0522. The minimum atomic E-state index is -3.15. The Labute approximate surface area is 382 Å². The highest BCUT2D eigenvalue weighted by molar-refractivity contribution is 6.99. The van der Waals surface area contributed by atoms with Crippen molar-refractivity contribution in [3.8, 4) is 0 Å². The molecule has 6 rings (SSSR count). The summed E-state index contributed by atoms with van der Waals surface area (Å²) in [6, 6.07) is 38.2. The lowest BCUT2D eigenvalue weighted by Gasteiger charge is -2.47. The van der Waals surface area contributed by atoms with Crippen LogP contribution in [0.2, 0.25) is 21.7 Å². The number of nitrogens with zero attached hydrogens (tertiary/aromatic N) is 1. The third-order valence-electron chi connectivity index (χ3n) is 13.0. The van der Waals surface area contributed by atoms with E-state index < -0.39 is 70.5 Å². The van der Waals surface area contributed by atoms with Crippen LogP contribution in [0.4, 0.5) is 0 Å². The van der Waals surface area contributed by atoms with E-state index in [0.29, 0.717) is 16.6 Å². The summed E-state index contributed by atoms with van der Waals surface area (Å²) in [5.41, 5.74) is 2.68. The van der Waals surface area contributed by atoms with Crippen molar-refractivity contribution in [2.24, 2.45) is 0 Å². The van der Waals surface area contributed by atoms with Crippen LogP contribution in [-0.4, -0.2) is 88.8 Å². The van der Waals surface area contributed by atoms with Gasteiger partial charge in [-0.05, 0) is 49.2 Å². The Morgan fingerprint density at radius 2 is 1.12 bits per heavy atom. The molecule has 0 radical (unpaired) electrons. The van der Waals surface area contributed by atoms with E-state index in [-0.39, 0.29) is 31.5 Å². The van der Waals surface area contributed by atoms with Crippen LogP contribution in [0.5, 0.6) is 0 Å². The van der Waals surface area contributed by atoms with E-state index in [1.165, 1.54) is 6.26 Å². The number of nitro groups is 1. The molecular formula is C51H69NO10Si2. The standard InChI is InChI=1S/C51H69NO10Si2/c1-36(2)63(37(3)4,38(5)6)59-34-44-47(53)43(30-31-56-44)61-50-46(52(54)55)49(58-33-40-24-16-11-17-25-40)48(57-32-39-22-14-10-15-23-39)45(62-50)35-60-64(51(7,8)9,41-26-18-12-19-27-41)42-28-20-13-21-29-42/h10-31,36-38,43-50,53H,32-35H2,1-9H3/t43-,44-,45-,46-,47-,48+,49-,50+/m1/s1. The number of benzene rings is 4. The highest BCUT2D eigenvalue weighted by Gasteiger charge is 2.58. The van der Waals surface area contributed by atoms with Crippen molar-refractivity contribution in [3.63, 3.8) is 0 Å². The lowest BCUT2D eigenvalue weighted by Crippen LogP contribution is -2.69. The monoisotopic (exact) mass is 911 g/mol. The van der Waals surface area contributed by atoms with Gasteiger partial charge in [-0.15, -0.1) is 0 Å². The van der Waals surface area contributed by atoms with Crippen molar-refractivity contribution in [1.82, 2.24) is 0 Å². The average Bonchev–Trinajstić information content (AvgIpc) is 3.27. The van der Waals surface area contributed by atoms with Crippen LogP contribution in [-0.2, 0) is 45.8 Å². The molecule has 0 aromatic heterocycles. The Morgan fingerprint density at radius 1 is 0.672 bits per heavy atom. The average molecular weight is 912 g/mol. The second kappa shape index (κ2) is 22.0. The molecule has 2 aliphatic heterocycles. The Balaban J connectivity index is 1.39. The molecule has 4 aromatic rings. The maximum absolute atomic E-state index is 13.5. The molecule has 0 amide bonds. The molecule has 2 heterocycles. The van der Waals surface area contributed by atoms with Gasteiger partial charge < -0.3 is 37.6 Å². The molecule has 4 aromatic carbocycles. The van der Waals surface area contributed by atoms with Crippen LogP contribution in [0.3, 0.4) is 0 Å². The van der Waals surface area contributed by atoms with E-state index in [1.54, 1.807) is 6.08 Å². The highest BCUT2D eigenvalue weighted by Crippen LogP contribution is 2.43. The van der Waals surface area contributed by atoms with Crippen molar-refractivity contribution < 1.29 is 42.6 Å². The molecular weight excluding hydrogens is 843 g/mol. The summed E-state index contributed by atoms with van der Waals surface area (Å²) in [6.07, 6.45) is -4.52. The Bertz CT molecular complexity index is 1990. The van der Waals surface area contributed by atoms with Crippen LogP contribution >= 0.6 is 0 Å². The maximum Gasteiger partial charge on any atom is 0.291 e. The van der Waals surface area contributed by atoms with Gasteiger partial charge in [0.05, 0.1) is 32.7 Å². The molecule has 2 aliphatic rings. The first kappa shape index (κ1) is 49.4. The molecule has 1 saturated heterocycles. The Hall–Kier alpha value is -4.03. The maximum atomic E-state index is 13.5. The summed E-state index contributed by atoms with van der Waals surface area (Å²) in [5.74, 6) is 0. The highest BCUT2D eigenvalue weighted by atomic mass is 28.4. The van der Waals surface area contributed by atoms with E-state index in [9.17, 15) is 15.2 Å². The van der Waals surface area contributed by atoms with Crippen molar-refractivity contribution in [3.05, 3.63) is 155 Å². The van der Waals surface area contributed by atoms with Crippen LogP contribution in [0.1, 0.15) is 73.4 Å². The summed E-state index contributed by atoms with van der Waals surface area (Å²) in [4.78, 5) is 13.1. The zero-order valence-corrected chi connectivity index (χ0v) is 40.9. The first-order chi connectivity index (χ1) is 30.6. The molecule has 1 N–H and O–H groups in total. The Morgan fingerprint density at radius 3 is 1.58 bits per heavy atom. The molecule has 0 aliphatic carbocycles. The molecule has 1 fully saturated rings. The lowest BCUT2D eigenvalue weighted by atomic mass is 9.96. The molecule has 0 spiro atoms. The molecule has 13 heteroatoms. The number of aliphatic hydroxyl groups is 1. The zero-order chi connectivity index (χ0) is 46.1. The van der Waals surface area contributed by atoms with E-state index >= 15 is 0 Å². The van der Waals surface area contributed by atoms with E-state index in [2.05, 4.69) is 86.6 Å². The van der Waals surface area contributed by atoms with Gasteiger partial charge in [0.2, 0.25) is 14.6 Å². The SMILES string of the molecule is CC(C)[Si](OC[C@H]1OC=C[C@@H](O[C@H]2O[C@H](CO[Si](c3ccccc3)(c3ccccc3)C(C)(C)C)[C@H](OCc3ccccc3)[C@H](OCc3ccccc3)[C@H]2[N+](=O)[O-])[C@H]1O)(C(C)C)C(C)C. The van der Waals surface area contributed by atoms with Crippen LogP contribution in [0, 0.1) is 10.1 Å². The van der Waals surface area contributed by atoms with Gasteiger partial charge in [-0.2, -0.15) is 0 Å². The summed E-state index contributed by atoms with van der Waals surface area (Å²) < 4.78 is 47.1. The molecule has 8 atom stereocenters. The number of rotatable bonds is 20. The fourth-order valence-corrected chi connectivity index (χ4v) is 20.1. The lowest BCUT2D eigenvalue weighted by molar-refractivity contribution is -0.578. The summed E-state index contributed by atoms with van der Waals surface area (Å²) in [6.45, 7) is 20.2. The zero-order valence-electron chi connectivity index (χ0n) is 38.9. The van der Waals surface area contributed by atoms with Crippen LogP contribution in [0.25, 0.3) is 0 Å². The molecule has 64 heavy (non-hydrogen) atoms. The molecule has 0 bridgehead atoms. The van der Waals surface area contributed by atoms with E-state index in [0.717, 1.165) is 21.5 Å². The molecule has 346 valence electrons. The first-order valence-electron chi connectivity index (χ1n) is 22.7. The number of ether oxygens (including phenoxy) is 5. The largest absolute Gasteiger partial charge is 0.493 e. The van der Waals surface area contributed by atoms with Gasteiger partial charge in [0.1, 0.15) is 30.5 Å². The summed E-state index contributed by atoms with van der Waals surface area (Å²) >= 11 is 0. The minimum Gasteiger partial charge on any atom is -0.493 e. The Kier molecular flexibility index (Phi) is 17.0. The predicted molar refractivity (Wildman–Crippen MR) is 255 cm³/mol. The predicted octanol–water partition coefficient (Wildman–Crippen LogP) is 8.95. The summed E-state index contributed by atoms with van der Waals surface area (Å²) in [7, 11) is -5.47. The summed E-state index contributed by atoms with van der Waals surface area (Å²) in [5, 5.41) is 27.2. The van der Waals surface area contributed by atoms with Gasteiger partial charge in [-0.25, -0.2) is 0 Å². The normalized spacial score (nSPS) is 24.3. The van der Waals surface area contributed by atoms with Crippen LogP contribution in [0.15, 0.2) is 134 Å². The number of hydrogen-bond acceptors (Lipinski definition) is 10. The minimum absolute atomic E-state index is 0.00280. The number of hydrogen-bond donors (Lipinski definition) is 1. The molecule has 0 saturated carbocycles. The fourth-order valence-electron chi connectivity index (χ4n) is 10.0. The van der Waals surface area contributed by atoms with Gasteiger partial charge in [0, 0.05) is 4.92 Å². The second-order valence-corrected chi connectivity index (χ2v) is 28.8.